The fraction of sp³-hybridized carbons (Fsp3) is 0.415. The van der Waals surface area contributed by atoms with Crippen molar-refractivity contribution in [3.05, 3.63) is 135 Å². The largest absolute Gasteiger partial charge is 0.456 e. The first-order valence-corrected chi connectivity index (χ1v) is 23.4. The van der Waals surface area contributed by atoms with Gasteiger partial charge in [0.15, 0.2) is 29.1 Å². The number of carbonyl (C=O) groups is 3. The molecule has 0 bridgehead atoms. The third-order valence-corrected chi connectivity index (χ3v) is 10.6. The number of anilines is 1. The monoisotopic (exact) mass is 1020 g/mol. The van der Waals surface area contributed by atoms with Gasteiger partial charge in [0, 0.05) is 62.8 Å². The van der Waals surface area contributed by atoms with Crippen LogP contribution >= 0.6 is 0 Å². The molecule has 0 spiro atoms. The molecular weight excluding hydrogens is 961 g/mol. The first-order chi connectivity index (χ1) is 34.6. The third kappa shape index (κ3) is 18.5. The van der Waals surface area contributed by atoms with Gasteiger partial charge in [-0.25, -0.2) is 22.0 Å². The van der Waals surface area contributed by atoms with E-state index in [0.29, 0.717) is 19.3 Å². The number of benzene rings is 4. The maximum absolute atomic E-state index is 14.1. The standard InChI is InChI=1S/C35H41F8NO9.C16H15N.C2H6/c1-21(52-34-29(39)23(3)26(36)30(40)33(34)43)8-13-48-17-19-50-15-10-44(24(46)7-5-4-6-12-45)11-16-51-20-18-49-14-9-25(47)53-35-31(41)27(37)22(2)28(38)32(35)42;1-17-12-15-8-3-2-6-13(15)10-11-14-7-4-5-9-16(14)17;1-2/h12H,1,4-11,13-20H2,2-3H3;2-11H,12H2,1H3;1-2H3/b;11-10-;. The molecule has 0 N–H and O–H groups in total. The topological polar surface area (TPSA) is 113 Å². The van der Waals surface area contributed by atoms with Crippen molar-refractivity contribution in [2.45, 2.75) is 72.8 Å². The minimum Gasteiger partial charge on any atom is -0.456 e. The predicted molar refractivity (Wildman–Crippen MR) is 256 cm³/mol. The molecule has 4 aromatic rings. The Morgan fingerprint density at radius 3 is 1.69 bits per heavy atom. The van der Waals surface area contributed by atoms with E-state index in [0.717, 1.165) is 26.7 Å². The number of ether oxygens (including phenoxy) is 6. The fourth-order valence-electron chi connectivity index (χ4n) is 6.68. The molecule has 0 atom stereocenters. The molecule has 1 aliphatic heterocycles. The van der Waals surface area contributed by atoms with Crippen LogP contribution < -0.4 is 14.4 Å². The number of nitrogens with zero attached hydrogens (tertiary/aromatic N) is 2. The minimum atomic E-state index is -1.87. The average Bonchev–Trinajstić information content (AvgIpc) is 3.38. The quantitative estimate of drug-likeness (QED) is 0.00880. The lowest BCUT2D eigenvalue weighted by atomic mass is 10.0. The normalized spacial score (nSPS) is 11.9. The number of para-hydroxylation sites is 1. The van der Waals surface area contributed by atoms with Crippen LogP contribution in [0, 0.1) is 60.4 Å². The van der Waals surface area contributed by atoms with Gasteiger partial charge in [0.2, 0.25) is 34.9 Å². The summed E-state index contributed by atoms with van der Waals surface area (Å²) in [6.45, 7) is 10.8. The van der Waals surface area contributed by atoms with Gasteiger partial charge in [-0.3, -0.25) is 9.59 Å². The van der Waals surface area contributed by atoms with Crippen molar-refractivity contribution in [2.75, 3.05) is 77.9 Å². The molecule has 0 aliphatic carbocycles. The van der Waals surface area contributed by atoms with Crippen LogP contribution in [0.25, 0.3) is 12.2 Å². The summed E-state index contributed by atoms with van der Waals surface area (Å²) in [5.41, 5.74) is 3.62. The van der Waals surface area contributed by atoms with Crippen molar-refractivity contribution in [3.8, 4) is 11.5 Å². The van der Waals surface area contributed by atoms with Crippen LogP contribution in [-0.2, 0) is 39.9 Å². The first-order valence-electron chi connectivity index (χ1n) is 23.4. The van der Waals surface area contributed by atoms with Crippen LogP contribution in [0.3, 0.4) is 0 Å². The van der Waals surface area contributed by atoms with Crippen molar-refractivity contribution in [1.82, 2.24) is 4.90 Å². The van der Waals surface area contributed by atoms with E-state index < -0.39 is 81.6 Å². The first kappa shape index (κ1) is 60.2. The van der Waals surface area contributed by atoms with Gasteiger partial charge in [-0.1, -0.05) is 75.0 Å². The van der Waals surface area contributed by atoms with Gasteiger partial charge < -0.3 is 43.0 Å². The van der Waals surface area contributed by atoms with Crippen molar-refractivity contribution in [2.24, 2.45) is 0 Å². The summed E-state index contributed by atoms with van der Waals surface area (Å²) in [4.78, 5) is 39.0. The van der Waals surface area contributed by atoms with E-state index in [1.54, 1.807) is 0 Å². The van der Waals surface area contributed by atoms with Gasteiger partial charge >= 0.3 is 5.97 Å². The Morgan fingerprint density at radius 2 is 1.08 bits per heavy atom. The number of hydrogen-bond donors (Lipinski definition) is 0. The number of aldehydes is 1. The Hall–Kier alpha value is -6.15. The molecule has 4 aromatic carbocycles. The molecule has 5 rings (SSSR count). The molecule has 72 heavy (non-hydrogen) atoms. The van der Waals surface area contributed by atoms with Crippen LogP contribution in [0.5, 0.6) is 11.5 Å². The maximum atomic E-state index is 14.1. The highest BCUT2D eigenvalue weighted by Gasteiger charge is 2.27. The number of esters is 1. The average molecular weight is 1020 g/mol. The maximum Gasteiger partial charge on any atom is 0.313 e. The summed E-state index contributed by atoms with van der Waals surface area (Å²) in [5.74, 6) is -17.9. The second kappa shape index (κ2) is 32.0. The smallest absolute Gasteiger partial charge is 0.313 e. The zero-order chi connectivity index (χ0) is 53.2. The van der Waals surface area contributed by atoms with Crippen LogP contribution in [0.4, 0.5) is 40.8 Å². The predicted octanol–water partition coefficient (Wildman–Crippen LogP) is 11.2. The van der Waals surface area contributed by atoms with Crippen LogP contribution in [0.1, 0.15) is 80.2 Å². The second-order valence-electron chi connectivity index (χ2n) is 15.7. The van der Waals surface area contributed by atoms with Crippen molar-refractivity contribution >= 4 is 36.0 Å². The van der Waals surface area contributed by atoms with Gasteiger partial charge in [0.05, 0.1) is 65.0 Å². The minimum absolute atomic E-state index is 0.000469. The second-order valence-corrected chi connectivity index (χ2v) is 15.7. The van der Waals surface area contributed by atoms with Gasteiger partial charge in [-0.05, 0) is 49.4 Å². The van der Waals surface area contributed by atoms with Gasteiger partial charge in [-0.15, -0.1) is 0 Å². The molecule has 0 saturated carbocycles. The van der Waals surface area contributed by atoms with Gasteiger partial charge in [0.1, 0.15) is 6.29 Å². The van der Waals surface area contributed by atoms with Crippen LogP contribution in [0.2, 0.25) is 0 Å². The molecule has 0 radical (unpaired) electrons. The summed E-state index contributed by atoms with van der Waals surface area (Å²) in [7, 11) is 2.15. The Labute approximate surface area is 415 Å². The number of unbranched alkanes of at least 4 members (excludes halogenated alkanes) is 2. The Balaban J connectivity index is 0.000000592. The summed E-state index contributed by atoms with van der Waals surface area (Å²) < 4.78 is 141. The molecule has 19 heteroatoms. The molecule has 11 nitrogen and oxygen atoms in total. The van der Waals surface area contributed by atoms with Crippen molar-refractivity contribution in [3.63, 3.8) is 0 Å². The number of carbonyl (C=O) groups excluding carboxylic acids is 3. The van der Waals surface area contributed by atoms with E-state index in [1.807, 2.05) is 13.8 Å². The van der Waals surface area contributed by atoms with E-state index in [1.165, 1.54) is 27.3 Å². The molecule has 0 aromatic heterocycles. The number of halogens is 8. The van der Waals surface area contributed by atoms with E-state index >= 15 is 0 Å². The van der Waals surface area contributed by atoms with Crippen molar-refractivity contribution < 1.29 is 77.9 Å². The number of amides is 1. The molecule has 0 unspecified atom stereocenters. The third-order valence-electron chi connectivity index (χ3n) is 10.6. The molecule has 1 amide bonds. The SMILES string of the molecule is C=C(CCOCCOCCN(CCOCCOCCC(=O)Oc1c(F)c(F)c(C)c(F)c1F)C(=O)CCCCC=O)Oc1c(F)c(C)c(F)c(F)c1F.CC.CN1Cc2ccccc2/C=C\c2ccccc21. The van der Waals surface area contributed by atoms with Crippen LogP contribution in [0.15, 0.2) is 60.9 Å². The molecule has 0 saturated heterocycles. The highest BCUT2D eigenvalue weighted by Crippen LogP contribution is 2.32. The van der Waals surface area contributed by atoms with Gasteiger partial charge in [0.25, 0.3) is 0 Å². The lowest BCUT2D eigenvalue weighted by molar-refractivity contribution is -0.136. The van der Waals surface area contributed by atoms with E-state index in [4.69, 9.17) is 23.7 Å². The summed E-state index contributed by atoms with van der Waals surface area (Å²) in [5, 5.41) is 0. The molecule has 1 aliphatic rings. The Morgan fingerprint density at radius 1 is 0.597 bits per heavy atom. The number of hydrogen-bond acceptors (Lipinski definition) is 10. The zero-order valence-corrected chi connectivity index (χ0v) is 41.2. The molecular formula is C53H62F8N2O9. The molecule has 394 valence electrons. The summed E-state index contributed by atoms with van der Waals surface area (Å²) in [6, 6.07) is 17.1. The van der Waals surface area contributed by atoms with Crippen LogP contribution in [-0.4, -0.2) is 96.1 Å². The van der Waals surface area contributed by atoms with Gasteiger partial charge in [-0.2, -0.15) is 13.2 Å². The number of rotatable bonds is 26. The highest BCUT2D eigenvalue weighted by atomic mass is 19.2. The fourth-order valence-corrected chi connectivity index (χ4v) is 6.68. The number of fused-ring (bicyclic) bond motifs is 2. The van der Waals surface area contributed by atoms with Crippen molar-refractivity contribution in [1.29, 1.82) is 0 Å². The Bertz CT molecular complexity index is 2280. The summed E-state index contributed by atoms with van der Waals surface area (Å²) in [6.07, 6.45) is 6.21. The highest BCUT2D eigenvalue weighted by molar-refractivity contribution is 5.79. The lowest BCUT2D eigenvalue weighted by Gasteiger charge is -2.24. The van der Waals surface area contributed by atoms with E-state index in [-0.39, 0.29) is 90.5 Å². The molecule has 0 fully saturated rings. The lowest BCUT2D eigenvalue weighted by Crippen LogP contribution is -2.37. The zero-order valence-electron chi connectivity index (χ0n) is 41.2. The Kier molecular flexibility index (Phi) is 26.8. The summed E-state index contributed by atoms with van der Waals surface area (Å²) >= 11 is 0. The van der Waals surface area contributed by atoms with E-state index in [2.05, 4.69) is 83.9 Å². The molecule has 1 heterocycles. The van der Waals surface area contributed by atoms with E-state index in [9.17, 15) is 49.5 Å².